The molecule has 2 aliphatic rings. The van der Waals surface area contributed by atoms with Gasteiger partial charge in [-0.3, -0.25) is 0 Å². The van der Waals surface area contributed by atoms with Crippen molar-refractivity contribution in [2.45, 2.75) is 78.6 Å². The van der Waals surface area contributed by atoms with Crippen molar-refractivity contribution in [3.8, 4) is 45.1 Å². The van der Waals surface area contributed by atoms with Crippen LogP contribution in [0.3, 0.4) is 0 Å². The Morgan fingerprint density at radius 1 is 0.382 bits per heavy atom. The number of para-hydroxylation sites is 3. The van der Waals surface area contributed by atoms with Crippen LogP contribution in [0.15, 0.2) is 206 Å². The summed E-state index contributed by atoms with van der Waals surface area (Å²) in [4.78, 5) is 0. The minimum absolute atomic E-state index is 0.0188. The Morgan fingerprint density at radius 3 is 1.51 bits per heavy atom. The number of nitrogens with zero attached hydrogens (tertiary/aromatic N) is 2. The van der Waals surface area contributed by atoms with Gasteiger partial charge < -0.3 is 13.9 Å². The van der Waals surface area contributed by atoms with E-state index in [9.17, 15) is 5.48 Å². The maximum atomic E-state index is 9.39. The minimum Gasteiger partial charge on any atom is -0.458 e. The molecule has 0 saturated heterocycles. The van der Waals surface area contributed by atoms with Crippen molar-refractivity contribution >= 4 is 88.3 Å². The molecule has 0 unspecified atom stereocenters. The largest absolute Gasteiger partial charge is 0.458 e. The van der Waals surface area contributed by atoms with Gasteiger partial charge in [-0.1, -0.05) is 220 Å². The average Bonchev–Trinajstić information content (AvgIpc) is 1.32. The topological polar surface area (TPSA) is 19.1 Å². The van der Waals surface area contributed by atoms with Crippen LogP contribution in [0.5, 0.6) is 11.5 Å². The Hall–Kier alpha value is -8.34. The SMILES string of the molecule is [2H]c1c([2H])c([2H])c2c(c1[2H])c1c([2H])c([2H])c([2H])c([2H])c1n2-c1ccc2c(c1)Oc1cc(-c3ccc(C(C)(C)C)cc3)cc3c1B2c1cc(-c2cc(C(C)(C)C)cc(C(C)(C)C)c2)cc2c4ccccc4c4ccccc4c4ccccc4n-3c12. The molecule has 368 valence electrons. The highest BCUT2D eigenvalue weighted by Crippen LogP contribution is 2.43. The van der Waals surface area contributed by atoms with Gasteiger partial charge in [0.2, 0.25) is 0 Å². The van der Waals surface area contributed by atoms with Gasteiger partial charge in [-0.05, 0) is 136 Å². The zero-order chi connectivity index (χ0) is 59.0. The third kappa shape index (κ3) is 7.17. The van der Waals surface area contributed by atoms with Crippen LogP contribution < -0.4 is 21.1 Å². The van der Waals surface area contributed by atoms with Crippen molar-refractivity contribution in [1.82, 2.24) is 9.13 Å². The maximum Gasteiger partial charge on any atom is 0.256 e. The molecule has 2 aliphatic heterocycles. The third-order valence-corrected chi connectivity index (χ3v) is 16.1. The van der Waals surface area contributed by atoms with Crippen molar-refractivity contribution in [3.63, 3.8) is 0 Å². The summed E-state index contributed by atoms with van der Waals surface area (Å²) in [5, 5.41) is 6.62. The number of hydrogen-bond acceptors (Lipinski definition) is 1. The second kappa shape index (κ2) is 16.6. The van der Waals surface area contributed by atoms with Gasteiger partial charge in [0.05, 0.1) is 27.5 Å². The maximum absolute atomic E-state index is 9.39. The van der Waals surface area contributed by atoms with Crippen molar-refractivity contribution in [3.05, 3.63) is 223 Å². The van der Waals surface area contributed by atoms with Crippen LogP contribution in [0, 0.1) is 0 Å². The molecular formula is C72H61BN2O. The first-order valence-corrected chi connectivity index (χ1v) is 26.4. The van der Waals surface area contributed by atoms with E-state index < -0.39 is 30.9 Å². The molecule has 2 aromatic heterocycles. The van der Waals surface area contributed by atoms with Gasteiger partial charge in [0.15, 0.2) is 0 Å². The number of benzene rings is 10. The summed E-state index contributed by atoms with van der Waals surface area (Å²) < 4.78 is 83.9. The van der Waals surface area contributed by atoms with E-state index in [1.54, 1.807) is 4.57 Å². The van der Waals surface area contributed by atoms with Crippen LogP contribution in [0.4, 0.5) is 0 Å². The van der Waals surface area contributed by atoms with Crippen LogP contribution in [-0.2, 0) is 16.2 Å². The molecule has 0 aliphatic carbocycles. The first-order chi connectivity index (χ1) is 39.9. The average molecular weight is 989 g/mol. The van der Waals surface area contributed by atoms with E-state index in [1.165, 1.54) is 16.7 Å². The summed E-state index contributed by atoms with van der Waals surface area (Å²) in [7, 11) is 0. The molecule has 0 radical (unpaired) electrons. The van der Waals surface area contributed by atoms with Gasteiger partial charge in [-0.2, -0.15) is 0 Å². The normalized spacial score (nSPS) is 14.6. The van der Waals surface area contributed by atoms with Crippen molar-refractivity contribution in [2.75, 3.05) is 0 Å². The van der Waals surface area contributed by atoms with Crippen molar-refractivity contribution < 1.29 is 15.7 Å². The van der Waals surface area contributed by atoms with E-state index in [1.807, 2.05) is 18.2 Å². The predicted octanol–water partition coefficient (Wildman–Crippen LogP) is 17.5. The predicted molar refractivity (Wildman–Crippen MR) is 326 cm³/mol. The van der Waals surface area contributed by atoms with Crippen LogP contribution >= 0.6 is 0 Å². The van der Waals surface area contributed by atoms with Crippen molar-refractivity contribution in [1.29, 1.82) is 0 Å². The number of fused-ring (bicyclic) bond motifs is 14. The number of aromatic nitrogens is 2. The van der Waals surface area contributed by atoms with E-state index in [4.69, 9.17) is 10.2 Å². The van der Waals surface area contributed by atoms with Gasteiger partial charge in [0, 0.05) is 44.5 Å². The summed E-state index contributed by atoms with van der Waals surface area (Å²) >= 11 is 0. The Morgan fingerprint density at radius 2 is 0.908 bits per heavy atom. The molecule has 14 rings (SSSR count). The fourth-order valence-electron chi connectivity index (χ4n) is 12.1. The molecule has 0 N–H and O–H groups in total. The summed E-state index contributed by atoms with van der Waals surface area (Å²) in [6.07, 6.45) is 0. The molecule has 10 aromatic carbocycles. The Bertz CT molecular complexity index is 4870. The second-order valence-corrected chi connectivity index (χ2v) is 24.0. The van der Waals surface area contributed by atoms with Gasteiger partial charge in [-0.15, -0.1) is 0 Å². The van der Waals surface area contributed by atoms with Crippen LogP contribution in [-0.4, -0.2) is 15.8 Å². The smallest absolute Gasteiger partial charge is 0.256 e. The Kier molecular flexibility index (Phi) is 8.35. The fraction of sp³-hybridized carbons (Fsp3) is 0.167. The van der Waals surface area contributed by atoms with Gasteiger partial charge in [0.1, 0.15) is 11.5 Å². The lowest BCUT2D eigenvalue weighted by atomic mass is 9.34. The monoisotopic (exact) mass is 989 g/mol. The minimum atomic E-state index is -0.489. The zero-order valence-electron chi connectivity index (χ0n) is 52.4. The molecule has 76 heavy (non-hydrogen) atoms. The standard InChI is InChI=1S/C72H61BN2O/c1-70(2,3)48-32-30-44(31-33-48)47-40-65-68-67(41-47)76-66-43-51(74-62-27-17-15-25-57(62)58-26-16-18-28-63(58)74)34-35-60(66)73(68)61-39-46(45-36-49(71(4,5)6)42-50(37-45)72(7,8)9)38-59-55-23-13-11-21-53(55)52-20-10-12-22-54(52)56-24-14-19-29-64(56)75(65)69(59)61/h10-43H,1-9H3/i15D,16D,17D,18D,25D,26D,27D,28D. The highest BCUT2D eigenvalue weighted by atomic mass is 16.5. The van der Waals surface area contributed by atoms with Crippen LogP contribution in [0.1, 0.15) is 90.0 Å². The fourth-order valence-corrected chi connectivity index (χ4v) is 12.1. The Labute approximate surface area is 457 Å². The molecule has 4 heterocycles. The second-order valence-electron chi connectivity index (χ2n) is 24.0. The summed E-state index contributed by atoms with van der Waals surface area (Å²) in [6, 6.07) is 53.8. The lowest BCUT2D eigenvalue weighted by molar-refractivity contribution is 0.487. The first-order valence-electron chi connectivity index (χ1n) is 30.4. The highest BCUT2D eigenvalue weighted by Gasteiger charge is 2.41. The lowest BCUT2D eigenvalue weighted by Gasteiger charge is -2.35. The third-order valence-electron chi connectivity index (χ3n) is 16.1. The van der Waals surface area contributed by atoms with E-state index in [0.717, 1.165) is 87.7 Å². The summed E-state index contributed by atoms with van der Waals surface area (Å²) in [6.45, 7) is 19.9. The zero-order valence-corrected chi connectivity index (χ0v) is 44.4. The quantitative estimate of drug-likeness (QED) is 0.161. The van der Waals surface area contributed by atoms with Gasteiger partial charge >= 0.3 is 0 Å². The molecular weight excluding hydrogens is 920 g/mol. The molecule has 0 atom stereocenters. The van der Waals surface area contributed by atoms with E-state index >= 15 is 0 Å². The number of ether oxygens (including phenoxy) is 1. The molecule has 3 nitrogen and oxygen atoms in total. The van der Waals surface area contributed by atoms with E-state index in [-0.39, 0.29) is 62.2 Å². The van der Waals surface area contributed by atoms with E-state index in [2.05, 4.69) is 206 Å². The van der Waals surface area contributed by atoms with Crippen LogP contribution in [0.2, 0.25) is 0 Å². The van der Waals surface area contributed by atoms with E-state index in [0.29, 0.717) is 17.2 Å². The highest BCUT2D eigenvalue weighted by molar-refractivity contribution is 6.99. The lowest BCUT2D eigenvalue weighted by Crippen LogP contribution is -2.58. The molecule has 0 spiro atoms. The van der Waals surface area contributed by atoms with Crippen molar-refractivity contribution in [2.24, 2.45) is 0 Å². The molecule has 0 saturated carbocycles. The van der Waals surface area contributed by atoms with Crippen LogP contribution in [0.25, 0.3) is 98.8 Å². The molecule has 0 amide bonds. The van der Waals surface area contributed by atoms with Gasteiger partial charge in [-0.25, -0.2) is 0 Å². The molecule has 0 fully saturated rings. The Balaban J connectivity index is 1.18. The molecule has 0 bridgehead atoms. The van der Waals surface area contributed by atoms with Gasteiger partial charge in [0.25, 0.3) is 6.71 Å². The number of hydrogen-bond donors (Lipinski definition) is 0. The summed E-state index contributed by atoms with van der Waals surface area (Å²) in [5.74, 6) is 1.14. The molecule has 12 aromatic rings. The molecule has 4 heteroatoms. The first kappa shape index (κ1) is 38.3. The number of rotatable bonds is 3. The summed E-state index contributed by atoms with van der Waals surface area (Å²) in [5.41, 5.74) is 13.9.